The van der Waals surface area contributed by atoms with Gasteiger partial charge in [0.05, 0.1) is 12.3 Å². The first-order chi connectivity index (χ1) is 9.74. The highest BCUT2D eigenvalue weighted by Crippen LogP contribution is 2.22. The van der Waals surface area contributed by atoms with Crippen molar-refractivity contribution in [2.75, 3.05) is 11.9 Å². The van der Waals surface area contributed by atoms with E-state index < -0.39 is 0 Å². The number of aryl methyl sites for hydroxylation is 2. The Bertz CT molecular complexity index is 551. The van der Waals surface area contributed by atoms with E-state index in [0.29, 0.717) is 13.2 Å². The summed E-state index contributed by atoms with van der Waals surface area (Å²) in [6.07, 6.45) is 5.72. The first-order valence-electron chi connectivity index (χ1n) is 7.07. The standard InChI is InChI=1S/C15H22N4O/c1-4-9-20-14-7-6-8-16-15(14)17-10-12-11-19(3)18-13(12)5-2/h6-8,11H,4-5,9-10H2,1-3H3,(H,16,17). The SMILES string of the molecule is CCCOc1cccnc1NCc1cn(C)nc1CC. The molecule has 0 saturated carbocycles. The van der Waals surface area contributed by atoms with Gasteiger partial charge in [-0.25, -0.2) is 4.98 Å². The zero-order valence-corrected chi connectivity index (χ0v) is 12.4. The van der Waals surface area contributed by atoms with E-state index in [9.17, 15) is 0 Å². The average Bonchev–Trinajstić information content (AvgIpc) is 2.84. The van der Waals surface area contributed by atoms with E-state index in [4.69, 9.17) is 4.74 Å². The van der Waals surface area contributed by atoms with Crippen LogP contribution in [0.25, 0.3) is 0 Å². The van der Waals surface area contributed by atoms with Gasteiger partial charge >= 0.3 is 0 Å². The van der Waals surface area contributed by atoms with Crippen LogP contribution in [0.4, 0.5) is 5.82 Å². The summed E-state index contributed by atoms with van der Waals surface area (Å²) in [7, 11) is 1.94. The monoisotopic (exact) mass is 274 g/mol. The fourth-order valence-corrected chi connectivity index (χ4v) is 2.06. The molecule has 20 heavy (non-hydrogen) atoms. The molecule has 5 nitrogen and oxygen atoms in total. The summed E-state index contributed by atoms with van der Waals surface area (Å²) in [5.74, 6) is 1.59. The van der Waals surface area contributed by atoms with Crippen molar-refractivity contribution < 1.29 is 4.74 Å². The van der Waals surface area contributed by atoms with E-state index in [1.54, 1.807) is 6.20 Å². The molecule has 0 bridgehead atoms. The van der Waals surface area contributed by atoms with E-state index in [-0.39, 0.29) is 0 Å². The van der Waals surface area contributed by atoms with Crippen molar-refractivity contribution in [1.29, 1.82) is 0 Å². The lowest BCUT2D eigenvalue weighted by Gasteiger charge is -2.11. The van der Waals surface area contributed by atoms with Gasteiger partial charge in [0.15, 0.2) is 11.6 Å². The minimum absolute atomic E-state index is 0.702. The average molecular weight is 274 g/mol. The Morgan fingerprint density at radius 3 is 2.95 bits per heavy atom. The van der Waals surface area contributed by atoms with Crippen LogP contribution in [-0.4, -0.2) is 21.4 Å². The van der Waals surface area contributed by atoms with E-state index in [2.05, 4.69) is 29.2 Å². The van der Waals surface area contributed by atoms with E-state index in [0.717, 1.165) is 30.1 Å². The number of hydrogen-bond donors (Lipinski definition) is 1. The summed E-state index contributed by atoms with van der Waals surface area (Å²) in [5.41, 5.74) is 2.31. The maximum absolute atomic E-state index is 5.69. The van der Waals surface area contributed by atoms with Crippen LogP contribution in [-0.2, 0) is 20.0 Å². The van der Waals surface area contributed by atoms with Gasteiger partial charge in [0, 0.05) is 31.5 Å². The maximum Gasteiger partial charge on any atom is 0.169 e. The minimum atomic E-state index is 0.702. The lowest BCUT2D eigenvalue weighted by Crippen LogP contribution is -2.06. The molecule has 2 heterocycles. The molecule has 2 rings (SSSR count). The Morgan fingerprint density at radius 2 is 2.20 bits per heavy atom. The molecule has 0 aliphatic carbocycles. The molecule has 0 aromatic carbocycles. The van der Waals surface area contributed by atoms with Crippen LogP contribution in [0.1, 0.15) is 31.5 Å². The molecule has 0 aliphatic heterocycles. The van der Waals surface area contributed by atoms with Crippen LogP contribution in [0.3, 0.4) is 0 Å². The third-order valence-electron chi connectivity index (χ3n) is 3.01. The summed E-state index contributed by atoms with van der Waals surface area (Å²) >= 11 is 0. The quantitative estimate of drug-likeness (QED) is 0.843. The molecule has 1 N–H and O–H groups in total. The molecule has 5 heteroatoms. The van der Waals surface area contributed by atoms with Crippen LogP contribution >= 0.6 is 0 Å². The molecule has 0 radical (unpaired) electrons. The van der Waals surface area contributed by atoms with Crippen molar-refractivity contribution in [1.82, 2.24) is 14.8 Å². The highest BCUT2D eigenvalue weighted by molar-refractivity contribution is 5.49. The van der Waals surface area contributed by atoms with Crippen molar-refractivity contribution in [2.45, 2.75) is 33.2 Å². The van der Waals surface area contributed by atoms with Crippen molar-refractivity contribution >= 4 is 5.82 Å². The second-order valence-corrected chi connectivity index (χ2v) is 4.68. The smallest absolute Gasteiger partial charge is 0.169 e. The molecule has 0 aliphatic rings. The van der Waals surface area contributed by atoms with Gasteiger partial charge in [0.25, 0.3) is 0 Å². The molecule has 2 aromatic rings. The van der Waals surface area contributed by atoms with Gasteiger partial charge in [-0.15, -0.1) is 0 Å². The number of nitrogens with zero attached hydrogens (tertiary/aromatic N) is 3. The first-order valence-corrected chi connectivity index (χ1v) is 7.07. The van der Waals surface area contributed by atoms with Crippen molar-refractivity contribution in [3.8, 4) is 5.75 Å². The molecule has 0 unspecified atom stereocenters. The Hall–Kier alpha value is -2.04. The molecule has 0 amide bonds. The summed E-state index contributed by atoms with van der Waals surface area (Å²) < 4.78 is 7.54. The van der Waals surface area contributed by atoms with Gasteiger partial charge in [-0.1, -0.05) is 13.8 Å². The maximum atomic E-state index is 5.69. The number of nitrogens with one attached hydrogen (secondary N) is 1. The summed E-state index contributed by atoms with van der Waals surface area (Å²) in [5, 5.41) is 7.78. The minimum Gasteiger partial charge on any atom is -0.490 e. The van der Waals surface area contributed by atoms with Gasteiger partial charge < -0.3 is 10.1 Å². The number of rotatable bonds is 7. The van der Waals surface area contributed by atoms with Crippen LogP contribution in [0.5, 0.6) is 5.75 Å². The predicted molar refractivity (Wildman–Crippen MR) is 79.9 cm³/mol. The molecular weight excluding hydrogens is 252 g/mol. The Kier molecular flexibility index (Phi) is 4.98. The van der Waals surface area contributed by atoms with Crippen LogP contribution in [0, 0.1) is 0 Å². The van der Waals surface area contributed by atoms with Gasteiger partial charge in [-0.2, -0.15) is 5.10 Å². The van der Waals surface area contributed by atoms with Crippen molar-refractivity contribution in [3.63, 3.8) is 0 Å². The highest BCUT2D eigenvalue weighted by atomic mass is 16.5. The molecule has 0 saturated heterocycles. The summed E-state index contributed by atoms with van der Waals surface area (Å²) in [4.78, 5) is 4.35. The lowest BCUT2D eigenvalue weighted by atomic mass is 10.2. The second kappa shape index (κ2) is 6.93. The van der Waals surface area contributed by atoms with Gasteiger partial charge in [-0.3, -0.25) is 4.68 Å². The van der Waals surface area contributed by atoms with Crippen molar-refractivity contribution in [3.05, 3.63) is 35.8 Å². The molecular formula is C15H22N4O. The molecule has 0 atom stereocenters. The zero-order chi connectivity index (χ0) is 14.4. The van der Waals surface area contributed by atoms with Crippen LogP contribution in [0.2, 0.25) is 0 Å². The van der Waals surface area contributed by atoms with E-state index >= 15 is 0 Å². The number of ether oxygens (including phenoxy) is 1. The van der Waals surface area contributed by atoms with Crippen molar-refractivity contribution in [2.24, 2.45) is 7.05 Å². The predicted octanol–water partition coefficient (Wildman–Crippen LogP) is 2.78. The van der Waals surface area contributed by atoms with E-state index in [1.807, 2.05) is 30.1 Å². The van der Waals surface area contributed by atoms with Gasteiger partial charge in [-0.05, 0) is 25.0 Å². The fraction of sp³-hybridized carbons (Fsp3) is 0.467. The molecule has 2 aromatic heterocycles. The normalized spacial score (nSPS) is 10.6. The summed E-state index contributed by atoms with van der Waals surface area (Å²) in [6, 6.07) is 3.83. The Morgan fingerprint density at radius 1 is 1.35 bits per heavy atom. The number of hydrogen-bond acceptors (Lipinski definition) is 4. The Balaban J connectivity index is 2.06. The topological polar surface area (TPSA) is 52.0 Å². The van der Waals surface area contributed by atoms with Gasteiger partial charge in [0.1, 0.15) is 0 Å². The molecule has 108 valence electrons. The lowest BCUT2D eigenvalue weighted by molar-refractivity contribution is 0.318. The summed E-state index contributed by atoms with van der Waals surface area (Å²) in [6.45, 7) is 5.61. The third kappa shape index (κ3) is 3.50. The largest absolute Gasteiger partial charge is 0.490 e. The second-order valence-electron chi connectivity index (χ2n) is 4.68. The highest BCUT2D eigenvalue weighted by Gasteiger charge is 2.08. The zero-order valence-electron chi connectivity index (χ0n) is 12.4. The van der Waals surface area contributed by atoms with Gasteiger partial charge in [0.2, 0.25) is 0 Å². The third-order valence-corrected chi connectivity index (χ3v) is 3.01. The van der Waals surface area contributed by atoms with E-state index in [1.165, 1.54) is 5.56 Å². The first kappa shape index (κ1) is 14.4. The van der Waals surface area contributed by atoms with Crippen LogP contribution in [0.15, 0.2) is 24.5 Å². The molecule has 0 spiro atoms. The Labute approximate surface area is 120 Å². The number of pyridine rings is 1. The van der Waals surface area contributed by atoms with Crippen LogP contribution < -0.4 is 10.1 Å². The number of aromatic nitrogens is 3. The molecule has 0 fully saturated rings. The fourth-order valence-electron chi connectivity index (χ4n) is 2.06. The number of anilines is 1.